The molecule has 14 heavy (non-hydrogen) atoms. The largest absolute Gasteiger partial charge is 0.0805 e. The summed E-state index contributed by atoms with van der Waals surface area (Å²) < 4.78 is 0. The second-order valence-corrected chi connectivity index (χ2v) is 3.46. The fourth-order valence-corrected chi connectivity index (χ4v) is 1.31. The van der Waals surface area contributed by atoms with E-state index in [1.165, 1.54) is 24.8 Å². The quantitative estimate of drug-likeness (QED) is 0.630. The van der Waals surface area contributed by atoms with Crippen LogP contribution in [0.1, 0.15) is 33.1 Å². The molecule has 0 bridgehead atoms. The van der Waals surface area contributed by atoms with Gasteiger partial charge < -0.3 is 0 Å². The number of hydrogen-bond donors (Lipinski definition) is 0. The molecule has 2 aliphatic carbocycles. The van der Waals surface area contributed by atoms with Crippen molar-refractivity contribution in [3.8, 4) is 0 Å². The Morgan fingerprint density at radius 3 is 1.93 bits per heavy atom. The summed E-state index contributed by atoms with van der Waals surface area (Å²) in [4.78, 5) is 0. The Balaban J connectivity index is 0.000000227. The summed E-state index contributed by atoms with van der Waals surface area (Å²) >= 11 is 0. The molecule has 0 fully saturated rings. The smallest absolute Gasteiger partial charge is 0 e. The van der Waals surface area contributed by atoms with Gasteiger partial charge in [0.05, 0.1) is 0 Å². The SMILES string of the molecule is CC1=CC=CC1.CCC1=CC=CC1.[Ru]. The van der Waals surface area contributed by atoms with Gasteiger partial charge in [0.1, 0.15) is 0 Å². The van der Waals surface area contributed by atoms with Crippen LogP contribution >= 0.6 is 0 Å². The summed E-state index contributed by atoms with van der Waals surface area (Å²) in [5.41, 5.74) is 3.02. The van der Waals surface area contributed by atoms with Crippen molar-refractivity contribution < 1.29 is 19.5 Å². The molecule has 0 aromatic heterocycles. The molecule has 0 saturated carbocycles. The fraction of sp³-hybridized carbons (Fsp3) is 0.385. The van der Waals surface area contributed by atoms with E-state index in [2.05, 4.69) is 50.3 Å². The normalized spacial score (nSPS) is 16.7. The Morgan fingerprint density at radius 1 is 1.07 bits per heavy atom. The Morgan fingerprint density at radius 2 is 1.71 bits per heavy atom. The molecule has 78 valence electrons. The van der Waals surface area contributed by atoms with E-state index in [0.29, 0.717) is 0 Å². The molecule has 0 heterocycles. The summed E-state index contributed by atoms with van der Waals surface area (Å²) in [6, 6.07) is 0. The average molecular weight is 275 g/mol. The van der Waals surface area contributed by atoms with Crippen molar-refractivity contribution >= 4 is 0 Å². The van der Waals surface area contributed by atoms with Crippen LogP contribution in [0.25, 0.3) is 0 Å². The molecule has 0 unspecified atom stereocenters. The van der Waals surface area contributed by atoms with Crippen molar-refractivity contribution in [2.75, 3.05) is 0 Å². The van der Waals surface area contributed by atoms with Crippen LogP contribution in [0.4, 0.5) is 0 Å². The maximum absolute atomic E-state index is 2.19. The van der Waals surface area contributed by atoms with Gasteiger partial charge in [-0.1, -0.05) is 54.5 Å². The van der Waals surface area contributed by atoms with Gasteiger partial charge in [-0.2, -0.15) is 0 Å². The first-order chi connectivity index (χ1) is 6.33. The van der Waals surface area contributed by atoms with E-state index in [-0.39, 0.29) is 19.5 Å². The molecule has 0 spiro atoms. The zero-order valence-corrected chi connectivity index (χ0v) is 10.7. The maximum atomic E-state index is 2.19. The standard InChI is InChI=1S/C7H10.C6H8.Ru/c1-2-7-5-3-4-6-7;1-6-4-2-3-5-6;/h3-5H,2,6H2,1H3;2-4H,5H2,1H3;. The van der Waals surface area contributed by atoms with E-state index >= 15 is 0 Å². The molecule has 0 aromatic rings. The predicted octanol–water partition coefficient (Wildman–Crippen LogP) is 4.17. The van der Waals surface area contributed by atoms with Gasteiger partial charge in [0, 0.05) is 19.5 Å². The summed E-state index contributed by atoms with van der Waals surface area (Å²) in [6.07, 6.45) is 16.5. The zero-order chi connectivity index (χ0) is 9.52. The second kappa shape index (κ2) is 7.94. The number of allylic oxidation sites excluding steroid dienone is 8. The first kappa shape index (κ1) is 13.6. The van der Waals surface area contributed by atoms with Gasteiger partial charge in [-0.05, 0) is 26.2 Å². The van der Waals surface area contributed by atoms with Gasteiger partial charge in [0.25, 0.3) is 0 Å². The van der Waals surface area contributed by atoms with Crippen molar-refractivity contribution in [3.63, 3.8) is 0 Å². The fourth-order valence-electron chi connectivity index (χ4n) is 1.31. The molecule has 2 rings (SSSR count). The van der Waals surface area contributed by atoms with E-state index in [4.69, 9.17) is 0 Å². The average Bonchev–Trinajstić information content (AvgIpc) is 2.76. The first-order valence-corrected chi connectivity index (χ1v) is 4.99. The molecule has 0 aromatic carbocycles. The molecule has 1 heteroatoms. The van der Waals surface area contributed by atoms with Crippen LogP contribution in [0.3, 0.4) is 0 Å². The van der Waals surface area contributed by atoms with Crippen molar-refractivity contribution in [2.45, 2.75) is 33.1 Å². The summed E-state index contributed by atoms with van der Waals surface area (Å²) in [6.45, 7) is 4.33. The molecule has 0 nitrogen and oxygen atoms in total. The molecular formula is C13H18Ru. The van der Waals surface area contributed by atoms with Crippen LogP contribution in [-0.4, -0.2) is 0 Å². The van der Waals surface area contributed by atoms with E-state index in [1.807, 2.05) is 0 Å². The van der Waals surface area contributed by atoms with Crippen molar-refractivity contribution in [1.82, 2.24) is 0 Å². The molecule has 0 aliphatic heterocycles. The van der Waals surface area contributed by atoms with Gasteiger partial charge in [0.15, 0.2) is 0 Å². The molecule has 0 saturated heterocycles. The predicted molar refractivity (Wildman–Crippen MR) is 59.6 cm³/mol. The topological polar surface area (TPSA) is 0 Å². The van der Waals surface area contributed by atoms with Crippen molar-refractivity contribution in [2.24, 2.45) is 0 Å². The van der Waals surface area contributed by atoms with Crippen LogP contribution in [0.5, 0.6) is 0 Å². The minimum atomic E-state index is 0. The van der Waals surface area contributed by atoms with E-state index in [0.717, 1.165) is 0 Å². The molecular weight excluding hydrogens is 257 g/mol. The molecule has 0 atom stereocenters. The monoisotopic (exact) mass is 276 g/mol. The van der Waals surface area contributed by atoms with E-state index in [1.54, 1.807) is 5.57 Å². The third-order valence-electron chi connectivity index (χ3n) is 2.26. The van der Waals surface area contributed by atoms with E-state index < -0.39 is 0 Å². The zero-order valence-electron chi connectivity index (χ0n) is 8.94. The number of rotatable bonds is 1. The summed E-state index contributed by atoms with van der Waals surface area (Å²) in [7, 11) is 0. The van der Waals surface area contributed by atoms with Gasteiger partial charge >= 0.3 is 0 Å². The minimum Gasteiger partial charge on any atom is -0.0805 e. The third-order valence-corrected chi connectivity index (χ3v) is 2.26. The molecule has 0 radical (unpaired) electrons. The van der Waals surface area contributed by atoms with E-state index in [9.17, 15) is 0 Å². The van der Waals surface area contributed by atoms with Gasteiger partial charge in [0.2, 0.25) is 0 Å². The van der Waals surface area contributed by atoms with Gasteiger partial charge in [-0.3, -0.25) is 0 Å². The third kappa shape index (κ3) is 5.34. The molecule has 2 aliphatic rings. The first-order valence-electron chi connectivity index (χ1n) is 4.99. The maximum Gasteiger partial charge on any atom is 0 e. The van der Waals surface area contributed by atoms with Crippen molar-refractivity contribution in [1.29, 1.82) is 0 Å². The van der Waals surface area contributed by atoms with Crippen LogP contribution in [0.2, 0.25) is 0 Å². The van der Waals surface area contributed by atoms with Crippen molar-refractivity contribution in [3.05, 3.63) is 47.6 Å². The van der Waals surface area contributed by atoms with Crippen LogP contribution in [-0.2, 0) is 19.5 Å². The second-order valence-electron chi connectivity index (χ2n) is 3.46. The Labute approximate surface area is 100 Å². The Hall–Kier alpha value is -0.417. The summed E-state index contributed by atoms with van der Waals surface area (Å²) in [5, 5.41) is 0. The number of hydrogen-bond acceptors (Lipinski definition) is 0. The van der Waals surface area contributed by atoms with Gasteiger partial charge in [-0.25, -0.2) is 0 Å². The molecule has 0 N–H and O–H groups in total. The summed E-state index contributed by atoms with van der Waals surface area (Å²) in [5.74, 6) is 0. The Kier molecular flexibility index (Phi) is 7.70. The minimum absolute atomic E-state index is 0. The Bertz CT molecular complexity index is 267. The van der Waals surface area contributed by atoms with Gasteiger partial charge in [-0.15, -0.1) is 0 Å². The van der Waals surface area contributed by atoms with Crippen LogP contribution in [0.15, 0.2) is 47.6 Å². The van der Waals surface area contributed by atoms with Crippen LogP contribution in [0, 0.1) is 0 Å². The molecule has 0 amide bonds. The van der Waals surface area contributed by atoms with Crippen LogP contribution < -0.4 is 0 Å².